The Labute approximate surface area is 131 Å². The summed E-state index contributed by atoms with van der Waals surface area (Å²) in [6.45, 7) is 5.54. The second kappa shape index (κ2) is 7.57. The molecule has 124 valence electrons. The van der Waals surface area contributed by atoms with E-state index >= 15 is 0 Å². The molecule has 0 amide bonds. The molecule has 0 unspecified atom stereocenters. The number of hydrogen-bond donors (Lipinski definition) is 1. The highest BCUT2D eigenvalue weighted by molar-refractivity contribution is 5.82. The van der Waals surface area contributed by atoms with Crippen molar-refractivity contribution in [2.45, 2.75) is 26.9 Å². The molecule has 0 aliphatic rings. The maximum absolute atomic E-state index is 12.8. The van der Waals surface area contributed by atoms with E-state index in [1.807, 2.05) is 13.8 Å². The van der Waals surface area contributed by atoms with E-state index in [1.165, 1.54) is 12.4 Å². The summed E-state index contributed by atoms with van der Waals surface area (Å²) in [5.74, 6) is -1.08. The molecule has 23 heavy (non-hydrogen) atoms. The third-order valence-electron chi connectivity index (χ3n) is 2.54. The largest absolute Gasteiger partial charge is 0.478 e. The van der Waals surface area contributed by atoms with Crippen LogP contribution in [0.3, 0.4) is 0 Å². The van der Waals surface area contributed by atoms with Gasteiger partial charge in [0.25, 0.3) is 0 Å². The van der Waals surface area contributed by atoms with E-state index in [2.05, 4.69) is 10.1 Å². The van der Waals surface area contributed by atoms with Crippen molar-refractivity contribution in [1.82, 2.24) is 14.8 Å². The number of aryl methyl sites for hydroxylation is 1. The minimum absolute atomic E-state index is 0.0826. The molecule has 1 N–H and O–H groups in total. The molecular weight excluding hydrogens is 311 g/mol. The van der Waals surface area contributed by atoms with E-state index in [-0.39, 0.29) is 11.4 Å². The van der Waals surface area contributed by atoms with Crippen molar-refractivity contribution in [2.24, 2.45) is 0 Å². The Morgan fingerprint density at radius 1 is 1.26 bits per heavy atom. The number of carbonyl (C=O) groups is 1. The van der Waals surface area contributed by atoms with Gasteiger partial charge in [0, 0.05) is 17.8 Å². The van der Waals surface area contributed by atoms with Crippen molar-refractivity contribution in [1.29, 1.82) is 0 Å². The summed E-state index contributed by atoms with van der Waals surface area (Å²) >= 11 is 0. The van der Waals surface area contributed by atoms with E-state index in [9.17, 15) is 18.0 Å². The number of hydrogen-bond acceptors (Lipinski definition) is 3. The third kappa shape index (κ3) is 5.24. The van der Waals surface area contributed by atoms with E-state index in [0.717, 1.165) is 29.1 Å². The van der Waals surface area contributed by atoms with E-state index in [0.29, 0.717) is 5.56 Å². The second-order valence-electron chi connectivity index (χ2n) is 4.29. The monoisotopic (exact) mass is 327 g/mol. The molecule has 0 aliphatic heterocycles. The lowest BCUT2D eigenvalue weighted by atomic mass is 10.1. The normalized spacial score (nSPS) is 11.2. The lowest BCUT2D eigenvalue weighted by molar-refractivity contribution is -0.137. The quantitative estimate of drug-likeness (QED) is 0.869. The molecule has 0 bridgehead atoms. The highest BCUT2D eigenvalue weighted by Crippen LogP contribution is 2.32. The van der Waals surface area contributed by atoms with Crippen molar-refractivity contribution in [3.63, 3.8) is 0 Å². The zero-order valence-corrected chi connectivity index (χ0v) is 12.8. The van der Waals surface area contributed by atoms with Crippen molar-refractivity contribution in [3.05, 3.63) is 41.7 Å². The van der Waals surface area contributed by atoms with Gasteiger partial charge < -0.3 is 5.11 Å². The zero-order chi connectivity index (χ0) is 17.6. The van der Waals surface area contributed by atoms with E-state index < -0.39 is 17.7 Å². The van der Waals surface area contributed by atoms with Gasteiger partial charge in [0.15, 0.2) is 5.82 Å². The summed E-state index contributed by atoms with van der Waals surface area (Å²) in [6.07, 6.45) is -1.26. The molecule has 1 aromatic carbocycles. The molecule has 0 spiro atoms. The molecule has 2 rings (SSSR count). The molecule has 2 aromatic rings. The number of nitrogens with zero attached hydrogens (tertiary/aromatic N) is 3. The second-order valence-corrected chi connectivity index (χ2v) is 4.29. The average molecular weight is 327 g/mol. The number of benzene rings is 1. The first-order valence-corrected chi connectivity index (χ1v) is 6.77. The Kier molecular flexibility index (Phi) is 6.06. The zero-order valence-electron chi connectivity index (χ0n) is 12.8. The fourth-order valence-corrected chi connectivity index (χ4v) is 1.69. The Hall–Kier alpha value is -2.64. The number of aliphatic carboxylic acids is 1. The van der Waals surface area contributed by atoms with Crippen molar-refractivity contribution in [3.8, 4) is 11.4 Å². The van der Waals surface area contributed by atoms with Gasteiger partial charge in [-0.15, -0.1) is 5.10 Å². The number of halogens is 3. The maximum Gasteiger partial charge on any atom is 0.416 e. The van der Waals surface area contributed by atoms with Crippen molar-refractivity contribution < 1.29 is 23.1 Å². The fraction of sp³-hybridized carbons (Fsp3) is 0.267. The SMILES string of the molecule is CC.Cc1cc(-c2ncn(/C=C\C(=O)O)n2)cc(C(F)(F)F)c1. The molecule has 0 fully saturated rings. The summed E-state index contributed by atoms with van der Waals surface area (Å²) in [5.41, 5.74) is -0.142. The van der Waals surface area contributed by atoms with Gasteiger partial charge in [0.2, 0.25) is 0 Å². The minimum Gasteiger partial charge on any atom is -0.478 e. The van der Waals surface area contributed by atoms with Gasteiger partial charge in [-0.05, 0) is 30.7 Å². The van der Waals surface area contributed by atoms with Crippen LogP contribution in [0, 0.1) is 6.92 Å². The van der Waals surface area contributed by atoms with Gasteiger partial charge in [-0.1, -0.05) is 13.8 Å². The molecule has 0 saturated heterocycles. The molecular formula is C15H16F3N3O2. The number of carboxylic acid groups (broad SMARTS) is 1. The van der Waals surface area contributed by atoms with Gasteiger partial charge in [0.1, 0.15) is 6.33 Å². The molecule has 0 aliphatic carbocycles. The Morgan fingerprint density at radius 2 is 1.91 bits per heavy atom. The Balaban J connectivity index is 0.00000127. The van der Waals surface area contributed by atoms with Crippen LogP contribution in [0.4, 0.5) is 13.2 Å². The van der Waals surface area contributed by atoms with Crippen LogP contribution >= 0.6 is 0 Å². The molecule has 0 radical (unpaired) electrons. The summed E-state index contributed by atoms with van der Waals surface area (Å²) in [5, 5.41) is 12.4. The molecule has 1 aromatic heterocycles. The average Bonchev–Trinajstić information content (AvgIpc) is 2.94. The van der Waals surface area contributed by atoms with Crippen LogP contribution in [-0.4, -0.2) is 25.8 Å². The van der Waals surface area contributed by atoms with Crippen molar-refractivity contribution >= 4 is 12.2 Å². The lowest BCUT2D eigenvalue weighted by Crippen LogP contribution is -2.05. The predicted octanol–water partition coefficient (Wildman–Crippen LogP) is 3.85. The summed E-state index contributed by atoms with van der Waals surface area (Å²) in [6, 6.07) is 3.51. The first-order valence-electron chi connectivity index (χ1n) is 6.77. The van der Waals surface area contributed by atoms with Gasteiger partial charge in [0.05, 0.1) is 5.56 Å². The van der Waals surface area contributed by atoms with Crippen LogP contribution < -0.4 is 0 Å². The first kappa shape index (κ1) is 18.4. The lowest BCUT2D eigenvalue weighted by Gasteiger charge is -2.09. The number of aromatic nitrogens is 3. The van der Waals surface area contributed by atoms with E-state index in [4.69, 9.17) is 5.11 Å². The maximum atomic E-state index is 12.8. The van der Waals surface area contributed by atoms with Crippen LogP contribution in [0.25, 0.3) is 17.6 Å². The first-order chi connectivity index (χ1) is 10.8. The minimum atomic E-state index is -4.45. The Morgan fingerprint density at radius 3 is 2.48 bits per heavy atom. The molecule has 0 atom stereocenters. The molecule has 5 nitrogen and oxygen atoms in total. The predicted molar refractivity (Wildman–Crippen MR) is 79.5 cm³/mol. The van der Waals surface area contributed by atoms with Gasteiger partial charge >= 0.3 is 12.1 Å². The Bertz CT molecular complexity index is 706. The van der Waals surface area contributed by atoms with Gasteiger partial charge in [-0.2, -0.15) is 13.2 Å². The van der Waals surface area contributed by atoms with Crippen LogP contribution in [0.2, 0.25) is 0 Å². The fourth-order valence-electron chi connectivity index (χ4n) is 1.69. The number of carboxylic acids is 1. The van der Waals surface area contributed by atoms with Crippen LogP contribution in [0.1, 0.15) is 25.0 Å². The van der Waals surface area contributed by atoms with Gasteiger partial charge in [-0.25, -0.2) is 14.5 Å². The topological polar surface area (TPSA) is 68.0 Å². The standard InChI is InChI=1S/C13H10F3N3O2.C2H6/c1-8-4-9(6-10(5-8)13(14,15)16)12-17-7-19(18-12)3-2-11(20)21;1-2/h2-7H,1H3,(H,20,21);1-2H3/b3-2-;. The smallest absolute Gasteiger partial charge is 0.416 e. The summed E-state index contributed by atoms with van der Waals surface area (Å²) < 4.78 is 39.4. The van der Waals surface area contributed by atoms with Crippen LogP contribution in [0.15, 0.2) is 30.6 Å². The number of rotatable bonds is 3. The van der Waals surface area contributed by atoms with Crippen LogP contribution in [0.5, 0.6) is 0 Å². The van der Waals surface area contributed by atoms with E-state index in [1.54, 1.807) is 6.92 Å². The summed E-state index contributed by atoms with van der Waals surface area (Å²) in [4.78, 5) is 14.2. The van der Waals surface area contributed by atoms with Crippen LogP contribution in [-0.2, 0) is 11.0 Å². The van der Waals surface area contributed by atoms with Crippen molar-refractivity contribution in [2.75, 3.05) is 0 Å². The highest BCUT2D eigenvalue weighted by atomic mass is 19.4. The third-order valence-corrected chi connectivity index (χ3v) is 2.54. The molecule has 8 heteroatoms. The molecule has 1 heterocycles. The molecule has 0 saturated carbocycles. The summed E-state index contributed by atoms with van der Waals surface area (Å²) in [7, 11) is 0. The van der Waals surface area contributed by atoms with Gasteiger partial charge in [-0.3, -0.25) is 0 Å². The highest BCUT2D eigenvalue weighted by Gasteiger charge is 2.31. The number of alkyl halides is 3.